The predicted octanol–water partition coefficient (Wildman–Crippen LogP) is 1.34. The standard InChI is InChI=1S/C11H22N2O/c1-4-7-13(8-5-2)11(14)10-6-9-12(10)3/h10H,4-9H2,1-3H3. The first-order valence-corrected chi connectivity index (χ1v) is 5.69. The fourth-order valence-electron chi connectivity index (χ4n) is 1.91. The van der Waals surface area contributed by atoms with Gasteiger partial charge in [-0.05, 0) is 26.3 Å². The van der Waals surface area contributed by atoms with E-state index in [-0.39, 0.29) is 6.04 Å². The van der Waals surface area contributed by atoms with Gasteiger partial charge in [0.25, 0.3) is 0 Å². The molecule has 0 saturated carbocycles. The van der Waals surface area contributed by atoms with Gasteiger partial charge in [-0.25, -0.2) is 0 Å². The molecular weight excluding hydrogens is 176 g/mol. The van der Waals surface area contributed by atoms with E-state index < -0.39 is 0 Å². The lowest BCUT2D eigenvalue weighted by molar-refractivity contribution is -0.140. The molecule has 1 heterocycles. The van der Waals surface area contributed by atoms with Gasteiger partial charge in [0.05, 0.1) is 6.04 Å². The second kappa shape index (κ2) is 5.35. The maximum absolute atomic E-state index is 12.0. The Morgan fingerprint density at radius 3 is 2.21 bits per heavy atom. The number of rotatable bonds is 5. The van der Waals surface area contributed by atoms with Crippen LogP contribution in [0.1, 0.15) is 33.1 Å². The number of nitrogens with zero attached hydrogens (tertiary/aromatic N) is 2. The summed E-state index contributed by atoms with van der Waals surface area (Å²) in [6.07, 6.45) is 3.16. The van der Waals surface area contributed by atoms with E-state index in [2.05, 4.69) is 18.7 Å². The predicted molar refractivity (Wildman–Crippen MR) is 58.2 cm³/mol. The van der Waals surface area contributed by atoms with E-state index in [1.165, 1.54) is 0 Å². The van der Waals surface area contributed by atoms with Gasteiger partial charge in [-0.1, -0.05) is 13.8 Å². The molecule has 1 aliphatic heterocycles. The quantitative estimate of drug-likeness (QED) is 0.665. The number of carbonyl (C=O) groups excluding carboxylic acids is 1. The highest BCUT2D eigenvalue weighted by atomic mass is 16.2. The largest absolute Gasteiger partial charge is 0.341 e. The Morgan fingerprint density at radius 1 is 1.36 bits per heavy atom. The zero-order chi connectivity index (χ0) is 10.6. The van der Waals surface area contributed by atoms with Crippen LogP contribution in [0.15, 0.2) is 0 Å². The van der Waals surface area contributed by atoms with Crippen molar-refractivity contribution >= 4 is 5.91 Å². The minimum atomic E-state index is 0.174. The SMILES string of the molecule is CCCN(CCC)C(=O)C1CCN1C. The van der Waals surface area contributed by atoms with Crippen molar-refractivity contribution in [2.24, 2.45) is 0 Å². The average Bonchev–Trinajstić information content (AvgIpc) is 2.15. The zero-order valence-corrected chi connectivity index (χ0v) is 9.62. The molecule has 1 saturated heterocycles. The summed E-state index contributed by atoms with van der Waals surface area (Å²) in [6, 6.07) is 0.174. The Hall–Kier alpha value is -0.570. The van der Waals surface area contributed by atoms with Crippen molar-refractivity contribution in [1.29, 1.82) is 0 Å². The Morgan fingerprint density at radius 2 is 1.93 bits per heavy atom. The first-order valence-electron chi connectivity index (χ1n) is 5.69. The minimum Gasteiger partial charge on any atom is -0.341 e. The second-order valence-electron chi connectivity index (χ2n) is 4.11. The highest BCUT2D eigenvalue weighted by molar-refractivity contribution is 5.82. The van der Waals surface area contributed by atoms with Gasteiger partial charge in [0, 0.05) is 19.6 Å². The molecule has 0 bridgehead atoms. The minimum absolute atomic E-state index is 0.174. The molecule has 1 atom stereocenters. The smallest absolute Gasteiger partial charge is 0.239 e. The highest BCUT2D eigenvalue weighted by Gasteiger charge is 2.33. The van der Waals surface area contributed by atoms with Crippen LogP contribution in [-0.2, 0) is 4.79 Å². The Kier molecular flexibility index (Phi) is 4.39. The number of hydrogen-bond acceptors (Lipinski definition) is 2. The fourth-order valence-corrected chi connectivity index (χ4v) is 1.91. The molecule has 0 aromatic rings. The summed E-state index contributed by atoms with van der Waals surface area (Å²) in [6.45, 7) is 7.15. The van der Waals surface area contributed by atoms with E-state index >= 15 is 0 Å². The van der Waals surface area contributed by atoms with Crippen molar-refractivity contribution in [2.45, 2.75) is 39.2 Å². The van der Waals surface area contributed by atoms with Crippen molar-refractivity contribution in [1.82, 2.24) is 9.80 Å². The van der Waals surface area contributed by atoms with Crippen LogP contribution in [0.5, 0.6) is 0 Å². The van der Waals surface area contributed by atoms with Crippen LogP contribution in [-0.4, -0.2) is 48.4 Å². The van der Waals surface area contributed by atoms with Crippen molar-refractivity contribution < 1.29 is 4.79 Å². The third-order valence-corrected chi connectivity index (χ3v) is 2.87. The van der Waals surface area contributed by atoms with Gasteiger partial charge in [-0.15, -0.1) is 0 Å². The van der Waals surface area contributed by atoms with E-state index in [1.54, 1.807) is 0 Å². The molecule has 0 aromatic heterocycles. The molecule has 0 N–H and O–H groups in total. The lowest BCUT2D eigenvalue weighted by Crippen LogP contribution is -2.55. The number of hydrogen-bond donors (Lipinski definition) is 0. The summed E-state index contributed by atoms with van der Waals surface area (Å²) in [4.78, 5) is 16.2. The molecule has 14 heavy (non-hydrogen) atoms. The van der Waals surface area contributed by atoms with Crippen molar-refractivity contribution in [3.05, 3.63) is 0 Å². The van der Waals surface area contributed by atoms with Crippen molar-refractivity contribution in [3.8, 4) is 0 Å². The van der Waals surface area contributed by atoms with E-state index in [9.17, 15) is 4.79 Å². The fraction of sp³-hybridized carbons (Fsp3) is 0.909. The third-order valence-electron chi connectivity index (χ3n) is 2.87. The molecular formula is C11H22N2O. The molecule has 3 heteroatoms. The van der Waals surface area contributed by atoms with Crippen LogP contribution in [0.4, 0.5) is 0 Å². The van der Waals surface area contributed by atoms with Crippen molar-refractivity contribution in [2.75, 3.05) is 26.7 Å². The molecule has 0 aromatic carbocycles. The first-order chi connectivity index (χ1) is 6.70. The summed E-state index contributed by atoms with van der Waals surface area (Å²) in [5, 5.41) is 0. The monoisotopic (exact) mass is 198 g/mol. The summed E-state index contributed by atoms with van der Waals surface area (Å²) < 4.78 is 0. The third kappa shape index (κ3) is 2.47. The van der Waals surface area contributed by atoms with Gasteiger partial charge in [0.2, 0.25) is 5.91 Å². The molecule has 0 spiro atoms. The number of likely N-dealkylation sites (N-methyl/N-ethyl adjacent to an activating group) is 1. The summed E-state index contributed by atoms with van der Waals surface area (Å²) in [5.41, 5.74) is 0. The lowest BCUT2D eigenvalue weighted by Gasteiger charge is -2.39. The van der Waals surface area contributed by atoms with Gasteiger partial charge in [-0.3, -0.25) is 9.69 Å². The average molecular weight is 198 g/mol. The zero-order valence-electron chi connectivity index (χ0n) is 9.62. The lowest BCUT2D eigenvalue weighted by atomic mass is 10.0. The Labute approximate surface area is 87.1 Å². The molecule has 0 radical (unpaired) electrons. The van der Waals surface area contributed by atoms with E-state index in [0.29, 0.717) is 5.91 Å². The molecule has 1 aliphatic rings. The topological polar surface area (TPSA) is 23.6 Å². The maximum atomic E-state index is 12.0. The molecule has 82 valence electrons. The molecule has 1 amide bonds. The van der Waals surface area contributed by atoms with E-state index in [4.69, 9.17) is 0 Å². The number of amides is 1. The van der Waals surface area contributed by atoms with Crippen molar-refractivity contribution in [3.63, 3.8) is 0 Å². The van der Waals surface area contributed by atoms with Crippen LogP contribution in [0.25, 0.3) is 0 Å². The molecule has 3 nitrogen and oxygen atoms in total. The van der Waals surface area contributed by atoms with Gasteiger partial charge >= 0.3 is 0 Å². The van der Waals surface area contributed by atoms with Crippen LogP contribution in [0.3, 0.4) is 0 Å². The summed E-state index contributed by atoms with van der Waals surface area (Å²) in [7, 11) is 2.03. The Bertz CT molecular complexity index is 188. The maximum Gasteiger partial charge on any atom is 0.239 e. The van der Waals surface area contributed by atoms with Crippen LogP contribution >= 0.6 is 0 Å². The second-order valence-corrected chi connectivity index (χ2v) is 4.11. The Balaban J connectivity index is 2.45. The van der Waals surface area contributed by atoms with Crippen LogP contribution in [0, 0.1) is 0 Å². The summed E-state index contributed by atoms with van der Waals surface area (Å²) in [5.74, 6) is 0.336. The number of likely N-dealkylation sites (tertiary alicyclic amines) is 1. The van der Waals surface area contributed by atoms with Gasteiger partial charge in [0.1, 0.15) is 0 Å². The van der Waals surface area contributed by atoms with Gasteiger partial charge < -0.3 is 4.90 Å². The molecule has 0 aliphatic carbocycles. The van der Waals surface area contributed by atoms with E-state index in [0.717, 1.165) is 38.9 Å². The van der Waals surface area contributed by atoms with Crippen LogP contribution in [0.2, 0.25) is 0 Å². The molecule has 1 fully saturated rings. The van der Waals surface area contributed by atoms with Crippen LogP contribution < -0.4 is 0 Å². The molecule has 1 unspecified atom stereocenters. The number of carbonyl (C=O) groups is 1. The van der Waals surface area contributed by atoms with Gasteiger partial charge in [0.15, 0.2) is 0 Å². The normalized spacial score (nSPS) is 21.8. The molecule has 1 rings (SSSR count). The van der Waals surface area contributed by atoms with E-state index in [1.807, 2.05) is 11.9 Å². The highest BCUT2D eigenvalue weighted by Crippen LogP contribution is 2.17. The van der Waals surface area contributed by atoms with Gasteiger partial charge in [-0.2, -0.15) is 0 Å². The summed E-state index contributed by atoms with van der Waals surface area (Å²) >= 11 is 0. The first kappa shape index (κ1) is 11.5.